The molecule has 2 aromatic carbocycles. The van der Waals surface area contributed by atoms with Crippen LogP contribution in [0.2, 0.25) is 10.0 Å². The van der Waals surface area contributed by atoms with Crippen LogP contribution in [-0.2, 0) is 10.0 Å². The van der Waals surface area contributed by atoms with Crippen LogP contribution in [-0.4, -0.2) is 15.0 Å². The molecule has 0 amide bonds. The molecule has 23 heavy (non-hydrogen) atoms. The molecule has 0 unspecified atom stereocenters. The van der Waals surface area contributed by atoms with Crippen LogP contribution < -0.4 is 4.31 Å². The van der Waals surface area contributed by atoms with Crippen molar-refractivity contribution in [3.63, 3.8) is 0 Å². The van der Waals surface area contributed by atoms with Crippen LogP contribution in [0.1, 0.15) is 0 Å². The predicted molar refractivity (Wildman–Crippen MR) is 95.3 cm³/mol. The number of benzene rings is 2. The van der Waals surface area contributed by atoms with Crippen LogP contribution in [0, 0.1) is 5.82 Å². The Morgan fingerprint density at radius 3 is 2.52 bits per heavy atom. The topological polar surface area (TPSA) is 37.4 Å². The highest BCUT2D eigenvalue weighted by Crippen LogP contribution is 2.32. The Morgan fingerprint density at radius 1 is 1.22 bits per heavy atom. The lowest BCUT2D eigenvalue weighted by Gasteiger charge is -2.24. The normalized spacial score (nSPS) is 11.3. The number of halogens is 4. The van der Waals surface area contributed by atoms with Gasteiger partial charge in [-0.05, 0) is 36.4 Å². The first-order valence-corrected chi connectivity index (χ1v) is 9.30. The first-order valence-electron chi connectivity index (χ1n) is 6.31. The van der Waals surface area contributed by atoms with Gasteiger partial charge in [0.25, 0.3) is 10.0 Å². The van der Waals surface area contributed by atoms with Crippen molar-refractivity contribution in [2.75, 3.05) is 10.8 Å². The molecule has 0 bridgehead atoms. The van der Waals surface area contributed by atoms with Gasteiger partial charge in [0.1, 0.15) is 10.7 Å². The maximum Gasteiger partial charge on any atom is 0.266 e. The number of hydrogen-bond acceptors (Lipinski definition) is 2. The third-order valence-electron chi connectivity index (χ3n) is 2.93. The molecular weight excluding hydrogens is 428 g/mol. The zero-order chi connectivity index (χ0) is 17.2. The predicted octanol–water partition coefficient (Wildman–Crippen LogP) is 5.28. The first kappa shape index (κ1) is 18.3. The van der Waals surface area contributed by atoms with E-state index in [2.05, 4.69) is 22.5 Å². The molecule has 2 aromatic rings. The van der Waals surface area contributed by atoms with Gasteiger partial charge in [0.2, 0.25) is 0 Å². The maximum absolute atomic E-state index is 14.2. The number of sulfonamides is 1. The first-order chi connectivity index (χ1) is 10.8. The van der Waals surface area contributed by atoms with E-state index in [4.69, 9.17) is 23.2 Å². The second-order valence-electron chi connectivity index (χ2n) is 4.50. The Labute approximate surface area is 152 Å². The third-order valence-corrected chi connectivity index (χ3v) is 5.92. The lowest BCUT2D eigenvalue weighted by molar-refractivity contribution is 0.587. The minimum Gasteiger partial charge on any atom is -0.260 e. The summed E-state index contributed by atoms with van der Waals surface area (Å²) in [6.07, 6.45) is 1.36. The van der Waals surface area contributed by atoms with Crippen LogP contribution >= 0.6 is 39.1 Å². The lowest BCUT2D eigenvalue weighted by Crippen LogP contribution is -2.32. The second-order valence-corrected chi connectivity index (χ2v) is 8.09. The van der Waals surface area contributed by atoms with Crippen LogP contribution in [0.15, 0.2) is 58.4 Å². The van der Waals surface area contributed by atoms with Gasteiger partial charge in [-0.1, -0.05) is 45.2 Å². The number of nitrogens with zero attached hydrogens (tertiary/aromatic N) is 1. The largest absolute Gasteiger partial charge is 0.266 e. The standard InChI is InChI=1S/C15H11BrCl2FNO2S/c1-2-7-20(14-6-3-10(16)8-13(14)19)23(21,22)15-9-11(17)4-5-12(15)18/h2-6,8-9H,1,7H2. The summed E-state index contributed by atoms with van der Waals surface area (Å²) in [5, 5.41) is 0.212. The molecule has 8 heteroatoms. The fourth-order valence-corrected chi connectivity index (χ4v) is 4.44. The maximum atomic E-state index is 14.2. The molecule has 0 spiro atoms. The van der Waals surface area contributed by atoms with E-state index < -0.39 is 15.8 Å². The molecule has 0 radical (unpaired) electrons. The number of hydrogen-bond donors (Lipinski definition) is 0. The van der Waals surface area contributed by atoms with Gasteiger partial charge in [0.05, 0.1) is 17.3 Å². The zero-order valence-corrected chi connectivity index (χ0v) is 15.6. The summed E-state index contributed by atoms with van der Waals surface area (Å²) in [6.45, 7) is 3.40. The highest BCUT2D eigenvalue weighted by Gasteiger charge is 2.28. The molecule has 2 rings (SSSR count). The fraction of sp³-hybridized carbons (Fsp3) is 0.0667. The molecule has 0 saturated carbocycles. The van der Waals surface area contributed by atoms with Crippen LogP contribution in [0.4, 0.5) is 10.1 Å². The van der Waals surface area contributed by atoms with Gasteiger partial charge in [-0.25, -0.2) is 12.8 Å². The minimum absolute atomic E-state index is 0.000909. The third kappa shape index (κ3) is 3.88. The van der Waals surface area contributed by atoms with Gasteiger partial charge in [-0.2, -0.15) is 0 Å². The van der Waals surface area contributed by atoms with E-state index in [9.17, 15) is 12.8 Å². The molecule has 0 N–H and O–H groups in total. The van der Waals surface area contributed by atoms with E-state index in [-0.39, 0.29) is 27.2 Å². The summed E-state index contributed by atoms with van der Waals surface area (Å²) >= 11 is 15.0. The Kier molecular flexibility index (Phi) is 5.73. The van der Waals surface area contributed by atoms with Crippen molar-refractivity contribution in [3.8, 4) is 0 Å². The highest BCUT2D eigenvalue weighted by molar-refractivity contribution is 9.10. The van der Waals surface area contributed by atoms with E-state index in [0.717, 1.165) is 4.31 Å². The molecule has 0 aliphatic rings. The van der Waals surface area contributed by atoms with Crippen LogP contribution in [0.3, 0.4) is 0 Å². The molecular formula is C15H11BrCl2FNO2S. The Bertz CT molecular complexity index is 859. The van der Waals surface area contributed by atoms with E-state index in [1.807, 2.05) is 0 Å². The van der Waals surface area contributed by atoms with E-state index in [1.165, 1.54) is 36.4 Å². The summed E-state index contributed by atoms with van der Waals surface area (Å²) in [6, 6.07) is 8.16. The molecule has 0 saturated heterocycles. The summed E-state index contributed by atoms with van der Waals surface area (Å²) in [4.78, 5) is -0.198. The van der Waals surface area contributed by atoms with Crippen molar-refractivity contribution in [2.24, 2.45) is 0 Å². The van der Waals surface area contributed by atoms with E-state index in [1.54, 1.807) is 6.07 Å². The second kappa shape index (κ2) is 7.21. The SMILES string of the molecule is C=CCN(c1ccc(Br)cc1F)S(=O)(=O)c1cc(Cl)ccc1Cl. The van der Waals surface area contributed by atoms with Gasteiger partial charge in [-0.3, -0.25) is 4.31 Å². The van der Waals surface area contributed by atoms with Crippen molar-refractivity contribution in [1.29, 1.82) is 0 Å². The van der Waals surface area contributed by atoms with Crippen molar-refractivity contribution < 1.29 is 12.8 Å². The average molecular weight is 439 g/mol. The Hall–Kier alpha value is -1.08. The van der Waals surface area contributed by atoms with Gasteiger partial charge < -0.3 is 0 Å². The van der Waals surface area contributed by atoms with Crippen molar-refractivity contribution >= 4 is 54.8 Å². The molecule has 0 aliphatic heterocycles. The summed E-state index contributed by atoms with van der Waals surface area (Å²) in [7, 11) is -4.11. The summed E-state index contributed by atoms with van der Waals surface area (Å²) < 4.78 is 41.4. The number of rotatable bonds is 5. The highest BCUT2D eigenvalue weighted by atomic mass is 79.9. The quantitative estimate of drug-likeness (QED) is 0.595. The summed E-state index contributed by atoms with van der Waals surface area (Å²) in [5.74, 6) is -0.692. The molecule has 3 nitrogen and oxygen atoms in total. The summed E-state index contributed by atoms with van der Waals surface area (Å²) in [5.41, 5.74) is -0.107. The van der Waals surface area contributed by atoms with Gasteiger partial charge in [0, 0.05) is 9.50 Å². The molecule has 0 aliphatic carbocycles. The molecule has 0 heterocycles. The monoisotopic (exact) mass is 437 g/mol. The fourth-order valence-electron chi connectivity index (χ4n) is 1.92. The number of anilines is 1. The van der Waals surface area contributed by atoms with E-state index in [0.29, 0.717) is 4.47 Å². The van der Waals surface area contributed by atoms with Gasteiger partial charge >= 0.3 is 0 Å². The van der Waals surface area contributed by atoms with Gasteiger partial charge in [0.15, 0.2) is 0 Å². The Morgan fingerprint density at radius 2 is 1.91 bits per heavy atom. The molecule has 0 fully saturated rings. The van der Waals surface area contributed by atoms with Crippen molar-refractivity contribution in [1.82, 2.24) is 0 Å². The van der Waals surface area contributed by atoms with Crippen molar-refractivity contribution in [2.45, 2.75) is 4.90 Å². The molecule has 0 atom stereocenters. The smallest absolute Gasteiger partial charge is 0.260 e. The van der Waals surface area contributed by atoms with Crippen LogP contribution in [0.5, 0.6) is 0 Å². The zero-order valence-electron chi connectivity index (χ0n) is 11.6. The lowest BCUT2D eigenvalue weighted by atomic mass is 10.3. The minimum atomic E-state index is -4.11. The molecule has 122 valence electrons. The Balaban J connectivity index is 2.64. The van der Waals surface area contributed by atoms with Crippen LogP contribution in [0.25, 0.3) is 0 Å². The average Bonchev–Trinajstić information content (AvgIpc) is 2.48. The van der Waals surface area contributed by atoms with Crippen molar-refractivity contribution in [3.05, 3.63) is 69.4 Å². The van der Waals surface area contributed by atoms with E-state index >= 15 is 0 Å². The van der Waals surface area contributed by atoms with Gasteiger partial charge in [-0.15, -0.1) is 6.58 Å². The molecule has 0 aromatic heterocycles.